The van der Waals surface area contributed by atoms with Crippen LogP contribution < -0.4 is 3.58 Å². The van der Waals surface area contributed by atoms with E-state index in [4.69, 9.17) is 0 Å². The number of phenols is 2. The fraction of sp³-hybridized carbons (Fsp3) is 0.333. The summed E-state index contributed by atoms with van der Waals surface area (Å²) in [5.41, 5.74) is 0. The third kappa shape index (κ3) is 2.30. The van der Waals surface area contributed by atoms with Crippen LogP contribution in [0.1, 0.15) is 0 Å². The van der Waals surface area contributed by atoms with Crippen molar-refractivity contribution in [3.8, 4) is 11.5 Å². The molecule has 0 unspecified atom stereocenters. The Balaban J connectivity index is 3.18. The first-order valence-electron chi connectivity index (χ1n) is 3.93. The van der Waals surface area contributed by atoms with Crippen molar-refractivity contribution in [2.75, 3.05) is 0 Å². The minimum atomic E-state index is -2.12. The number of benzene rings is 1. The Morgan fingerprint density at radius 3 is 1.67 bits per heavy atom. The van der Waals surface area contributed by atoms with E-state index in [9.17, 15) is 10.2 Å². The van der Waals surface area contributed by atoms with Crippen molar-refractivity contribution < 1.29 is 10.2 Å². The molecule has 0 spiro atoms. The molecule has 0 amide bonds. The molecule has 0 saturated carbocycles. The van der Waals surface area contributed by atoms with E-state index < -0.39 is 18.4 Å². The van der Waals surface area contributed by atoms with E-state index in [0.29, 0.717) is 0 Å². The fourth-order valence-corrected chi connectivity index (χ4v) is 4.34. The molecule has 1 aromatic carbocycles. The number of hydrogen-bond acceptors (Lipinski definition) is 2. The van der Waals surface area contributed by atoms with Crippen molar-refractivity contribution in [1.82, 2.24) is 0 Å². The van der Waals surface area contributed by atoms with E-state index >= 15 is 0 Å². The van der Waals surface area contributed by atoms with Crippen LogP contribution in [0.4, 0.5) is 0 Å². The Labute approximate surface area is 76.7 Å². The summed E-state index contributed by atoms with van der Waals surface area (Å²) in [5, 5.41) is 18.5. The van der Waals surface area contributed by atoms with Crippen LogP contribution in [0.15, 0.2) is 18.2 Å². The third-order valence-corrected chi connectivity index (χ3v) is 7.54. The van der Waals surface area contributed by atoms with Gasteiger partial charge in [0, 0.05) is 0 Å². The normalized spacial score (nSPS) is 11.6. The standard InChI is InChI=1S/C6H5O2.3CH3.Sn/c7-5-2-1-3-6(8)4-5;;;;/h2-4,7-8H;3*1H3;. The first-order chi connectivity index (χ1) is 5.39. The van der Waals surface area contributed by atoms with Gasteiger partial charge in [-0.25, -0.2) is 0 Å². The van der Waals surface area contributed by atoms with Gasteiger partial charge in [-0.3, -0.25) is 0 Å². The van der Waals surface area contributed by atoms with Gasteiger partial charge in [0.2, 0.25) is 0 Å². The SMILES string of the molecule is [CH3][Sn]([CH3])([CH3])[c]1cc(O)cc(O)c1. The molecule has 1 aromatic rings. The van der Waals surface area contributed by atoms with Crippen molar-refractivity contribution in [2.24, 2.45) is 0 Å². The van der Waals surface area contributed by atoms with Crippen molar-refractivity contribution in [2.45, 2.75) is 14.8 Å². The van der Waals surface area contributed by atoms with Gasteiger partial charge in [0.1, 0.15) is 0 Å². The molecule has 0 aliphatic heterocycles. The predicted molar refractivity (Wildman–Crippen MR) is 52.8 cm³/mol. The van der Waals surface area contributed by atoms with Gasteiger partial charge in [0.15, 0.2) is 0 Å². The van der Waals surface area contributed by atoms with Crippen LogP contribution in [-0.2, 0) is 0 Å². The van der Waals surface area contributed by atoms with Gasteiger partial charge in [-0.05, 0) is 0 Å². The molecule has 0 atom stereocenters. The van der Waals surface area contributed by atoms with Crippen LogP contribution in [0.3, 0.4) is 0 Å². The molecule has 0 radical (unpaired) electrons. The Morgan fingerprint density at radius 2 is 1.33 bits per heavy atom. The molecule has 0 saturated heterocycles. The van der Waals surface area contributed by atoms with Gasteiger partial charge in [-0.2, -0.15) is 0 Å². The van der Waals surface area contributed by atoms with Gasteiger partial charge in [0.05, 0.1) is 0 Å². The summed E-state index contributed by atoms with van der Waals surface area (Å²) in [7, 11) is 0. The maximum atomic E-state index is 9.23. The third-order valence-electron chi connectivity index (χ3n) is 1.77. The molecular formula is C9H14O2Sn. The van der Waals surface area contributed by atoms with E-state index in [1.54, 1.807) is 12.1 Å². The van der Waals surface area contributed by atoms with Crippen LogP contribution >= 0.6 is 0 Å². The van der Waals surface area contributed by atoms with E-state index in [1.165, 1.54) is 6.07 Å². The molecule has 0 aliphatic carbocycles. The van der Waals surface area contributed by atoms with Crippen LogP contribution in [-0.4, -0.2) is 28.6 Å². The Bertz CT molecular complexity index is 269. The summed E-state index contributed by atoms with van der Waals surface area (Å²) in [6.45, 7) is 0. The number of hydrogen-bond donors (Lipinski definition) is 2. The quantitative estimate of drug-likeness (QED) is 0.764. The van der Waals surface area contributed by atoms with Crippen LogP contribution in [0, 0.1) is 0 Å². The van der Waals surface area contributed by atoms with Crippen LogP contribution in [0.2, 0.25) is 14.8 Å². The molecule has 0 aromatic heterocycles. The van der Waals surface area contributed by atoms with Gasteiger partial charge in [-0.15, -0.1) is 0 Å². The summed E-state index contributed by atoms with van der Waals surface area (Å²) >= 11 is -2.12. The van der Waals surface area contributed by atoms with Crippen molar-refractivity contribution in [3.05, 3.63) is 18.2 Å². The summed E-state index contributed by atoms with van der Waals surface area (Å²) in [6.07, 6.45) is 0. The van der Waals surface area contributed by atoms with Crippen molar-refractivity contribution >= 4 is 22.0 Å². The molecular weight excluding hydrogens is 259 g/mol. The molecule has 66 valence electrons. The minimum absolute atomic E-state index is 0.164. The predicted octanol–water partition coefficient (Wildman–Crippen LogP) is 1.64. The molecule has 0 bridgehead atoms. The summed E-state index contributed by atoms with van der Waals surface area (Å²) in [6, 6.07) is 4.88. The fourth-order valence-electron chi connectivity index (χ4n) is 1.03. The van der Waals surface area contributed by atoms with Gasteiger partial charge >= 0.3 is 76.7 Å². The average Bonchev–Trinajstić information content (AvgIpc) is 1.82. The van der Waals surface area contributed by atoms with Gasteiger partial charge in [-0.1, -0.05) is 0 Å². The second-order valence-corrected chi connectivity index (χ2v) is 18.5. The maximum absolute atomic E-state index is 9.23. The first kappa shape index (κ1) is 9.70. The van der Waals surface area contributed by atoms with Crippen LogP contribution in [0.25, 0.3) is 0 Å². The Morgan fingerprint density at radius 1 is 0.917 bits per heavy atom. The van der Waals surface area contributed by atoms with Gasteiger partial charge < -0.3 is 0 Å². The molecule has 1 rings (SSSR count). The average molecular weight is 273 g/mol. The van der Waals surface area contributed by atoms with Crippen molar-refractivity contribution in [1.29, 1.82) is 0 Å². The number of phenolic OH excluding ortho intramolecular Hbond substituents is 2. The zero-order valence-corrected chi connectivity index (χ0v) is 10.5. The summed E-state index contributed by atoms with van der Waals surface area (Å²) in [5.74, 6) is 0.327. The monoisotopic (exact) mass is 274 g/mol. The molecule has 3 heteroatoms. The van der Waals surface area contributed by atoms with E-state index in [2.05, 4.69) is 14.8 Å². The molecule has 2 nitrogen and oxygen atoms in total. The van der Waals surface area contributed by atoms with Crippen LogP contribution in [0.5, 0.6) is 11.5 Å². The number of rotatable bonds is 1. The zero-order valence-electron chi connectivity index (χ0n) is 7.63. The Hall–Kier alpha value is -0.381. The van der Waals surface area contributed by atoms with E-state index in [0.717, 1.165) is 3.58 Å². The van der Waals surface area contributed by atoms with Gasteiger partial charge in [0.25, 0.3) is 0 Å². The molecule has 2 N–H and O–H groups in total. The van der Waals surface area contributed by atoms with E-state index in [1.807, 2.05) is 0 Å². The molecule has 0 heterocycles. The second kappa shape index (κ2) is 3.16. The first-order valence-corrected chi connectivity index (χ1v) is 13.9. The van der Waals surface area contributed by atoms with E-state index in [-0.39, 0.29) is 11.5 Å². The Kier molecular flexibility index (Phi) is 2.56. The van der Waals surface area contributed by atoms with Crippen molar-refractivity contribution in [3.63, 3.8) is 0 Å². The topological polar surface area (TPSA) is 40.5 Å². The molecule has 12 heavy (non-hydrogen) atoms. The second-order valence-electron chi connectivity index (χ2n) is 3.99. The zero-order chi connectivity index (χ0) is 9.35. The summed E-state index contributed by atoms with van der Waals surface area (Å²) < 4.78 is 1.14. The molecule has 0 fully saturated rings. The number of aromatic hydroxyl groups is 2. The summed E-state index contributed by atoms with van der Waals surface area (Å²) in [4.78, 5) is 6.72. The molecule has 0 aliphatic rings.